The van der Waals surface area contributed by atoms with Crippen molar-refractivity contribution in [1.29, 1.82) is 0 Å². The van der Waals surface area contributed by atoms with Gasteiger partial charge in [0.25, 0.3) is 5.91 Å². The highest BCUT2D eigenvalue weighted by Gasteiger charge is 2.43. The van der Waals surface area contributed by atoms with E-state index in [-0.39, 0.29) is 5.56 Å². The maximum absolute atomic E-state index is 13.5. The van der Waals surface area contributed by atoms with Crippen LogP contribution in [0.5, 0.6) is 0 Å². The largest absolute Gasteiger partial charge is 0.481 e. The lowest BCUT2D eigenvalue weighted by Crippen LogP contribution is -2.52. The molecule has 0 aromatic heterocycles. The highest BCUT2D eigenvalue weighted by atomic mass is 19.1. The molecule has 2 N–H and O–H groups in total. The predicted octanol–water partition coefficient (Wildman–Crippen LogP) is 2.90. The van der Waals surface area contributed by atoms with Crippen molar-refractivity contribution in [2.24, 2.45) is 5.41 Å². The molecule has 0 aliphatic heterocycles. The van der Waals surface area contributed by atoms with Gasteiger partial charge < -0.3 is 10.4 Å². The van der Waals surface area contributed by atoms with Gasteiger partial charge >= 0.3 is 5.97 Å². The number of carboxylic acids is 1. The monoisotopic (exact) mass is 293 g/mol. The molecule has 1 aliphatic rings. The number of benzene rings is 1. The van der Waals surface area contributed by atoms with Crippen LogP contribution in [0.3, 0.4) is 0 Å². The van der Waals surface area contributed by atoms with Gasteiger partial charge in [0.15, 0.2) is 0 Å². The van der Waals surface area contributed by atoms with Gasteiger partial charge in [-0.25, -0.2) is 4.39 Å². The number of aliphatic carboxylic acids is 1. The number of carbonyl (C=O) groups excluding carboxylic acids is 1. The molecule has 114 valence electrons. The Labute approximate surface area is 123 Å². The molecule has 5 heteroatoms. The minimum Gasteiger partial charge on any atom is -0.481 e. The molecule has 4 nitrogen and oxygen atoms in total. The Morgan fingerprint density at radius 1 is 1.38 bits per heavy atom. The van der Waals surface area contributed by atoms with Gasteiger partial charge in [-0.3, -0.25) is 9.59 Å². The molecule has 0 spiro atoms. The van der Waals surface area contributed by atoms with Crippen LogP contribution in [0, 0.1) is 18.2 Å². The molecule has 1 aliphatic carbocycles. The topological polar surface area (TPSA) is 66.4 Å². The molecule has 21 heavy (non-hydrogen) atoms. The first kappa shape index (κ1) is 15.5. The van der Waals surface area contributed by atoms with E-state index in [1.54, 1.807) is 26.0 Å². The zero-order valence-electron chi connectivity index (χ0n) is 12.3. The fourth-order valence-electron chi connectivity index (χ4n) is 2.80. The van der Waals surface area contributed by atoms with Crippen LogP contribution in [0.1, 0.15) is 48.5 Å². The summed E-state index contributed by atoms with van der Waals surface area (Å²) in [5.41, 5.74) is -0.270. The Morgan fingerprint density at radius 2 is 2.10 bits per heavy atom. The van der Waals surface area contributed by atoms with E-state index in [1.807, 2.05) is 0 Å². The molecule has 1 amide bonds. The lowest BCUT2D eigenvalue weighted by Gasteiger charge is -2.38. The summed E-state index contributed by atoms with van der Waals surface area (Å²) in [5.74, 6) is -1.76. The van der Waals surface area contributed by atoms with Crippen molar-refractivity contribution in [3.05, 3.63) is 35.1 Å². The third-order valence-electron chi connectivity index (χ3n) is 4.44. The molecule has 0 heterocycles. The maximum Gasteiger partial charge on any atom is 0.311 e. The molecule has 1 aromatic carbocycles. The Balaban J connectivity index is 2.17. The van der Waals surface area contributed by atoms with Gasteiger partial charge in [0.05, 0.1) is 5.41 Å². The first-order valence-electron chi connectivity index (χ1n) is 7.15. The van der Waals surface area contributed by atoms with Gasteiger partial charge in [-0.05, 0) is 44.4 Å². The molecular weight excluding hydrogens is 273 g/mol. The third-order valence-corrected chi connectivity index (χ3v) is 4.44. The highest BCUT2D eigenvalue weighted by Crippen LogP contribution is 2.36. The van der Waals surface area contributed by atoms with Crippen molar-refractivity contribution in [1.82, 2.24) is 5.32 Å². The Hall–Kier alpha value is -1.91. The smallest absolute Gasteiger partial charge is 0.311 e. The highest BCUT2D eigenvalue weighted by molar-refractivity contribution is 5.95. The molecule has 1 saturated carbocycles. The van der Waals surface area contributed by atoms with Gasteiger partial charge in [-0.1, -0.05) is 18.9 Å². The minimum absolute atomic E-state index is 0.219. The lowest BCUT2D eigenvalue weighted by atomic mass is 9.71. The summed E-state index contributed by atoms with van der Waals surface area (Å²) in [6.45, 7) is 3.29. The summed E-state index contributed by atoms with van der Waals surface area (Å²) in [6.07, 6.45) is 2.89. The van der Waals surface area contributed by atoms with Crippen LogP contribution in [0.25, 0.3) is 0 Å². The summed E-state index contributed by atoms with van der Waals surface area (Å²) in [7, 11) is 0. The molecule has 2 atom stereocenters. The minimum atomic E-state index is -0.961. The molecular formula is C16H20FNO3. The van der Waals surface area contributed by atoms with E-state index in [0.29, 0.717) is 18.4 Å². The fraction of sp³-hybridized carbons (Fsp3) is 0.500. The molecule has 1 fully saturated rings. The Morgan fingerprint density at radius 3 is 2.71 bits per heavy atom. The normalized spacial score (nSPS) is 25.4. The van der Waals surface area contributed by atoms with Crippen molar-refractivity contribution < 1.29 is 19.1 Å². The molecule has 0 radical (unpaired) electrons. The molecule has 1 aromatic rings. The summed E-state index contributed by atoms with van der Waals surface area (Å²) < 4.78 is 13.5. The van der Waals surface area contributed by atoms with E-state index < -0.39 is 29.2 Å². The average Bonchev–Trinajstić information content (AvgIpc) is 2.44. The second-order valence-electron chi connectivity index (χ2n) is 5.96. The molecule has 2 unspecified atom stereocenters. The van der Waals surface area contributed by atoms with Gasteiger partial charge in [-0.2, -0.15) is 0 Å². The number of carbonyl (C=O) groups is 2. The van der Waals surface area contributed by atoms with Crippen molar-refractivity contribution >= 4 is 11.9 Å². The van der Waals surface area contributed by atoms with E-state index >= 15 is 0 Å². The summed E-state index contributed by atoms with van der Waals surface area (Å²) >= 11 is 0. The number of nitrogens with one attached hydrogen (secondary N) is 1. The lowest BCUT2D eigenvalue weighted by molar-refractivity contribution is -0.151. The van der Waals surface area contributed by atoms with Crippen LogP contribution >= 0.6 is 0 Å². The van der Waals surface area contributed by atoms with Crippen LogP contribution in [0.2, 0.25) is 0 Å². The number of hydrogen-bond acceptors (Lipinski definition) is 2. The first-order valence-corrected chi connectivity index (χ1v) is 7.15. The summed E-state index contributed by atoms with van der Waals surface area (Å²) in [6, 6.07) is 3.85. The number of aryl methyl sites for hydroxylation is 1. The van der Waals surface area contributed by atoms with Crippen LogP contribution in [-0.2, 0) is 4.79 Å². The molecule has 0 saturated heterocycles. The van der Waals surface area contributed by atoms with E-state index in [1.165, 1.54) is 6.07 Å². The van der Waals surface area contributed by atoms with Crippen molar-refractivity contribution in [2.75, 3.05) is 0 Å². The van der Waals surface area contributed by atoms with E-state index in [2.05, 4.69) is 5.32 Å². The second-order valence-corrected chi connectivity index (χ2v) is 5.96. The quantitative estimate of drug-likeness (QED) is 0.900. The van der Waals surface area contributed by atoms with Crippen molar-refractivity contribution in [3.63, 3.8) is 0 Å². The Bertz CT molecular complexity index is 573. The van der Waals surface area contributed by atoms with Gasteiger partial charge in [0, 0.05) is 11.6 Å². The van der Waals surface area contributed by atoms with Gasteiger partial charge in [0.1, 0.15) is 5.82 Å². The fourth-order valence-corrected chi connectivity index (χ4v) is 2.80. The van der Waals surface area contributed by atoms with Crippen molar-refractivity contribution in [3.8, 4) is 0 Å². The van der Waals surface area contributed by atoms with Gasteiger partial charge in [0.2, 0.25) is 0 Å². The van der Waals surface area contributed by atoms with Crippen LogP contribution in [0.4, 0.5) is 4.39 Å². The zero-order chi connectivity index (χ0) is 15.6. The molecule has 0 bridgehead atoms. The van der Waals surface area contributed by atoms with E-state index in [9.17, 15) is 19.1 Å². The van der Waals surface area contributed by atoms with E-state index in [0.717, 1.165) is 12.8 Å². The zero-order valence-corrected chi connectivity index (χ0v) is 12.3. The van der Waals surface area contributed by atoms with Gasteiger partial charge in [-0.15, -0.1) is 0 Å². The Kier molecular flexibility index (Phi) is 4.30. The first-order chi connectivity index (χ1) is 9.84. The van der Waals surface area contributed by atoms with Crippen LogP contribution in [0.15, 0.2) is 18.2 Å². The number of rotatable bonds is 3. The van der Waals surface area contributed by atoms with E-state index in [4.69, 9.17) is 0 Å². The SMILES string of the molecule is Cc1ccc(C(=O)NC2CCCCC2(C)C(=O)O)cc1F. The number of amides is 1. The predicted molar refractivity (Wildman–Crippen MR) is 76.6 cm³/mol. The van der Waals surface area contributed by atoms with Crippen LogP contribution < -0.4 is 5.32 Å². The summed E-state index contributed by atoms with van der Waals surface area (Å²) in [5, 5.41) is 12.2. The number of hydrogen-bond donors (Lipinski definition) is 2. The summed E-state index contributed by atoms with van der Waals surface area (Å²) in [4.78, 5) is 23.7. The maximum atomic E-state index is 13.5. The van der Waals surface area contributed by atoms with Crippen LogP contribution in [-0.4, -0.2) is 23.0 Å². The molecule has 2 rings (SSSR count). The number of halogens is 1. The number of carboxylic acid groups (broad SMARTS) is 1. The average molecular weight is 293 g/mol. The van der Waals surface area contributed by atoms with Crippen molar-refractivity contribution in [2.45, 2.75) is 45.6 Å². The third kappa shape index (κ3) is 3.06. The second kappa shape index (κ2) is 5.84. The standard InChI is InChI=1S/C16H20FNO3/c1-10-6-7-11(9-12(10)17)14(19)18-13-5-3-4-8-16(13,2)15(20)21/h6-7,9,13H,3-5,8H2,1-2H3,(H,18,19)(H,20,21).